The second kappa shape index (κ2) is 25.9. The molecule has 0 bridgehead atoms. The first kappa shape index (κ1) is 64.4. The van der Waals surface area contributed by atoms with E-state index in [-0.39, 0.29) is 70.2 Å². The number of likely N-dealkylation sites (tertiary alicyclic amines) is 4. The molecule has 24 nitrogen and oxygen atoms in total. The van der Waals surface area contributed by atoms with Gasteiger partial charge in [-0.15, -0.1) is 0 Å². The van der Waals surface area contributed by atoms with Crippen LogP contribution in [0.4, 0.5) is 19.2 Å². The summed E-state index contributed by atoms with van der Waals surface area (Å²) in [5.74, 6) is -2.62. The van der Waals surface area contributed by atoms with Gasteiger partial charge in [0.05, 0.1) is 51.0 Å². The molecule has 0 aliphatic carbocycles. The Hall–Kier alpha value is -6.61. The average molecular weight is 1030 g/mol. The number of hydrogen-bond acceptors (Lipinski definition) is 14. The molecular weight excluding hydrogens is 953 g/mol. The highest BCUT2D eigenvalue weighted by Crippen LogP contribution is 2.32. The van der Waals surface area contributed by atoms with Crippen molar-refractivity contribution in [1.82, 2.24) is 19.6 Å². The molecule has 73 heavy (non-hydrogen) atoms. The van der Waals surface area contributed by atoms with Gasteiger partial charge < -0.3 is 65.6 Å². The highest BCUT2D eigenvalue weighted by Gasteiger charge is 2.52. The van der Waals surface area contributed by atoms with Crippen LogP contribution in [-0.4, -0.2) is 178 Å². The second-order valence-electron chi connectivity index (χ2n) is 22.3. The predicted molar refractivity (Wildman–Crippen MR) is 266 cm³/mol. The number of piperidine rings is 4. The van der Waals surface area contributed by atoms with E-state index in [1.54, 1.807) is 67.2 Å². The largest absolute Gasteiger partial charge is 0.475 e. The van der Waals surface area contributed by atoms with E-state index in [0.29, 0.717) is 52.1 Å². The van der Waals surface area contributed by atoms with Crippen molar-refractivity contribution in [3.63, 3.8) is 0 Å². The molecule has 4 aliphatic rings. The molecule has 4 heterocycles. The van der Waals surface area contributed by atoms with Crippen LogP contribution in [0.1, 0.15) is 134 Å². The van der Waals surface area contributed by atoms with Crippen molar-refractivity contribution in [2.75, 3.05) is 66.0 Å². The number of nitrogens with two attached hydrogens (primary N) is 3. The van der Waals surface area contributed by atoms with Crippen LogP contribution in [0.2, 0.25) is 0 Å². The van der Waals surface area contributed by atoms with Crippen LogP contribution in [0.5, 0.6) is 0 Å². The molecule has 7 N–H and O–H groups in total. The van der Waals surface area contributed by atoms with E-state index < -0.39 is 80.6 Å². The maximum atomic E-state index is 11.9. The van der Waals surface area contributed by atoms with E-state index in [1.165, 1.54) is 21.8 Å². The molecule has 0 atom stereocenters. The molecule has 24 heteroatoms. The fourth-order valence-corrected chi connectivity index (χ4v) is 7.49. The number of primary amides is 2. The van der Waals surface area contributed by atoms with Gasteiger partial charge in [-0.1, -0.05) is 0 Å². The van der Waals surface area contributed by atoms with Crippen LogP contribution in [-0.2, 0) is 42.9 Å². The third-order valence-corrected chi connectivity index (χ3v) is 12.1. The summed E-state index contributed by atoms with van der Waals surface area (Å²) in [6.45, 7) is 45.7. The fourth-order valence-electron chi connectivity index (χ4n) is 7.49. The Morgan fingerprint density at radius 2 is 0.712 bits per heavy atom. The van der Waals surface area contributed by atoms with Crippen molar-refractivity contribution in [3.05, 3.63) is 34.3 Å². The summed E-state index contributed by atoms with van der Waals surface area (Å²) in [5, 5.41) is 9.05. The Kier molecular flexibility index (Phi) is 22.8. The molecular formula is C49H80N10O14. The van der Waals surface area contributed by atoms with Crippen molar-refractivity contribution in [3.8, 4) is 0 Å². The normalized spacial score (nSPS) is 18.9. The Morgan fingerprint density at radius 1 is 0.466 bits per heavy atom. The molecule has 6 amide bonds. The fraction of sp³-hybridized carbons (Fsp3) is 0.776. The number of carbonyl (C=O) groups is 8. The number of carbonyl (C=O) groups excluding carboxylic acids is 7. The quantitative estimate of drug-likeness (QED) is 0.156. The summed E-state index contributed by atoms with van der Waals surface area (Å²) in [7, 11) is 1.27. The Bertz CT molecular complexity index is 2010. The third kappa shape index (κ3) is 19.7. The van der Waals surface area contributed by atoms with E-state index in [1.807, 2.05) is 20.8 Å². The van der Waals surface area contributed by atoms with Gasteiger partial charge in [0.1, 0.15) is 22.4 Å². The van der Waals surface area contributed by atoms with Gasteiger partial charge in [0.2, 0.25) is 5.91 Å². The van der Waals surface area contributed by atoms with Crippen LogP contribution < -0.4 is 17.2 Å². The molecule has 0 aromatic rings. The topological polar surface area (TPSA) is 307 Å². The molecule has 4 saturated heterocycles. The molecule has 0 unspecified atom stereocenters. The molecule has 410 valence electrons. The first-order valence-corrected chi connectivity index (χ1v) is 24.0. The predicted octanol–water partition coefficient (Wildman–Crippen LogP) is 5.22. The number of carboxylic acid groups (broad SMARTS) is 1. The minimum absolute atomic E-state index is 0.144. The van der Waals surface area contributed by atoms with Crippen LogP contribution in [0, 0.1) is 25.1 Å². The molecule has 0 saturated carbocycles. The number of hydrogen-bond donors (Lipinski definition) is 4. The summed E-state index contributed by atoms with van der Waals surface area (Å²) in [4.78, 5) is 109. The lowest BCUT2D eigenvalue weighted by Gasteiger charge is -2.39. The van der Waals surface area contributed by atoms with E-state index in [2.05, 4.69) is 19.3 Å². The molecule has 4 rings (SSSR count). The van der Waals surface area contributed by atoms with Gasteiger partial charge in [-0.3, -0.25) is 24.1 Å². The van der Waals surface area contributed by atoms with Gasteiger partial charge in [-0.25, -0.2) is 48.5 Å². The number of carboxylic acids is 1. The summed E-state index contributed by atoms with van der Waals surface area (Å²) in [5.41, 5.74) is 9.74. The van der Waals surface area contributed by atoms with Crippen molar-refractivity contribution < 1.29 is 67.1 Å². The van der Waals surface area contributed by atoms with Crippen molar-refractivity contribution in [1.29, 1.82) is 0 Å². The molecule has 4 aliphatic heterocycles. The number of ether oxygens (including phenoxy) is 5. The van der Waals surface area contributed by atoms with E-state index in [4.69, 9.17) is 61.0 Å². The van der Waals surface area contributed by atoms with Crippen molar-refractivity contribution in [2.24, 2.45) is 22.6 Å². The van der Waals surface area contributed by atoms with Gasteiger partial charge in [0.15, 0.2) is 0 Å². The zero-order valence-electron chi connectivity index (χ0n) is 45.1. The first-order valence-electron chi connectivity index (χ1n) is 24.0. The van der Waals surface area contributed by atoms with E-state index >= 15 is 0 Å². The molecule has 0 aromatic carbocycles. The Labute approximate surface area is 430 Å². The third-order valence-electron chi connectivity index (χ3n) is 12.1. The average Bonchev–Trinajstić information content (AvgIpc) is 3.29. The zero-order valence-corrected chi connectivity index (χ0v) is 45.1. The SMILES string of the molecule is CC(C)(C)OC(=O)N1CCC(CN)(C(N)=O)CC1.[C-]#[N+]C1(C(=O)O)CCN(C(=O)OC(C)(C)C)CC1.[C-]#[N+]C1(C(=O)OC)CCN(C(=O)OC(C)(C)C)CC1.[C-]#[N+]C1(C(N)=O)CCN(C(=O)OC(C)(C)C)CC1. The first-order chi connectivity index (χ1) is 33.3. The zero-order chi connectivity index (χ0) is 56.6. The van der Waals surface area contributed by atoms with Gasteiger partial charge in [0, 0.05) is 58.9 Å². The smallest absolute Gasteiger partial charge is 0.410 e. The Balaban J connectivity index is 0.000000487. The van der Waals surface area contributed by atoms with Crippen LogP contribution in [0.15, 0.2) is 0 Å². The number of aliphatic carboxylic acids is 1. The number of amides is 6. The number of esters is 1. The highest BCUT2D eigenvalue weighted by atomic mass is 16.6. The van der Waals surface area contributed by atoms with E-state index in [9.17, 15) is 38.4 Å². The number of nitrogens with zero attached hydrogens (tertiary/aromatic N) is 7. The highest BCUT2D eigenvalue weighted by molar-refractivity contribution is 5.87. The second-order valence-corrected chi connectivity index (χ2v) is 22.3. The van der Waals surface area contributed by atoms with Crippen molar-refractivity contribution in [2.45, 2.75) is 173 Å². The summed E-state index contributed by atoms with van der Waals surface area (Å²) in [6.07, 6.45) is 0.762. The molecule has 0 spiro atoms. The molecule has 0 radical (unpaired) electrons. The summed E-state index contributed by atoms with van der Waals surface area (Å²) in [6, 6.07) is 0. The summed E-state index contributed by atoms with van der Waals surface area (Å²) >= 11 is 0. The standard InChI is InChI=1S/C13H20N2O4.C12H19N3O3.C12H23N3O3.C12H18N2O4/c1-12(2,3)19-11(17)15-8-6-13(14-4,7-9-15)10(16)18-5;1-11(2,3)18-10(17)15-7-5-12(14-4,6-8-15)9(13)16;1-11(2,3)18-10(17)15-6-4-12(8-13,5-7-15)9(14)16;1-11(2,3)18-10(17)14-7-5-12(13-4,6-8-14)9(15)16/h6-9H2,1-3,5H3;5-8H2,1-3H3,(H2,13,16);4-8,13H2,1-3H3,(H2,14,16);5-8H2,1-3H3,(H,15,16). The van der Waals surface area contributed by atoms with Crippen LogP contribution in [0.3, 0.4) is 0 Å². The molecule has 0 aromatic heterocycles. The number of methoxy groups -OCH3 is 1. The van der Waals surface area contributed by atoms with E-state index in [0.717, 1.165) is 0 Å². The molecule has 4 fully saturated rings. The Morgan fingerprint density at radius 3 is 0.904 bits per heavy atom. The van der Waals surface area contributed by atoms with Crippen molar-refractivity contribution >= 4 is 48.1 Å². The minimum atomic E-state index is -1.38. The maximum absolute atomic E-state index is 11.9. The van der Waals surface area contributed by atoms with Gasteiger partial charge in [0.25, 0.3) is 0 Å². The lowest BCUT2D eigenvalue weighted by Crippen LogP contribution is -2.52. The maximum Gasteiger partial charge on any atom is 0.410 e. The van der Waals surface area contributed by atoms with Gasteiger partial charge >= 0.3 is 58.8 Å². The van der Waals surface area contributed by atoms with Crippen LogP contribution >= 0.6 is 0 Å². The lowest BCUT2D eigenvalue weighted by molar-refractivity contribution is -0.147. The van der Waals surface area contributed by atoms with Gasteiger partial charge in [-0.2, -0.15) is 0 Å². The van der Waals surface area contributed by atoms with Gasteiger partial charge in [-0.05, 0) is 95.9 Å². The van der Waals surface area contributed by atoms with Crippen LogP contribution in [0.25, 0.3) is 14.5 Å². The number of rotatable bonds is 5. The lowest BCUT2D eigenvalue weighted by atomic mass is 9.78. The minimum Gasteiger partial charge on any atom is -0.475 e. The summed E-state index contributed by atoms with van der Waals surface area (Å²) < 4.78 is 25.6. The monoisotopic (exact) mass is 1030 g/mol.